The van der Waals surface area contributed by atoms with Crippen LogP contribution in [-0.2, 0) is 4.79 Å². The molecule has 170 valence electrons. The van der Waals surface area contributed by atoms with Crippen LogP contribution in [-0.4, -0.2) is 45.6 Å². The molecular formula is C21H17Cl2N5O4S. The summed E-state index contributed by atoms with van der Waals surface area (Å²) in [5.74, 6) is 0.433. The summed E-state index contributed by atoms with van der Waals surface area (Å²) in [4.78, 5) is 30.3. The van der Waals surface area contributed by atoms with Crippen LogP contribution in [0.1, 0.15) is 0 Å². The Morgan fingerprint density at radius 3 is 2.58 bits per heavy atom. The van der Waals surface area contributed by atoms with Crippen molar-refractivity contribution in [3.05, 3.63) is 63.0 Å². The SMILES string of the molecule is COc1cc(OC)c(NC(=O)CSc2nc3[nH]ncc3c(=O)n2-c2ccc(Cl)cc2)cc1Cl. The summed E-state index contributed by atoms with van der Waals surface area (Å²) in [6.07, 6.45) is 1.41. The van der Waals surface area contributed by atoms with Crippen molar-refractivity contribution in [1.29, 1.82) is 0 Å². The van der Waals surface area contributed by atoms with Crippen molar-refractivity contribution in [2.45, 2.75) is 5.16 Å². The number of carbonyl (C=O) groups is 1. The molecule has 0 spiro atoms. The largest absolute Gasteiger partial charge is 0.495 e. The standard InChI is InChI=1S/C21H17Cl2N5O4S/c1-31-16-8-17(32-2)15(7-14(16)23)25-18(29)10-33-21-26-19-13(9-24-27-19)20(30)28(21)12-5-3-11(22)4-6-12/h3-9H,10H2,1-2H3,(H,24,27)(H,25,29). The molecule has 0 fully saturated rings. The van der Waals surface area contributed by atoms with E-state index in [2.05, 4.69) is 20.5 Å². The number of ether oxygens (including phenoxy) is 2. The van der Waals surface area contributed by atoms with Gasteiger partial charge in [-0.25, -0.2) is 4.98 Å². The van der Waals surface area contributed by atoms with Gasteiger partial charge in [-0.15, -0.1) is 0 Å². The van der Waals surface area contributed by atoms with Crippen LogP contribution in [0.3, 0.4) is 0 Å². The zero-order valence-corrected chi connectivity index (χ0v) is 19.7. The minimum absolute atomic E-state index is 0.0352. The number of nitrogens with one attached hydrogen (secondary N) is 2. The molecule has 1 amide bonds. The monoisotopic (exact) mass is 505 g/mol. The van der Waals surface area contributed by atoms with E-state index in [0.717, 1.165) is 11.8 Å². The van der Waals surface area contributed by atoms with Crippen LogP contribution in [0.2, 0.25) is 10.0 Å². The van der Waals surface area contributed by atoms with Crippen molar-refractivity contribution in [2.24, 2.45) is 0 Å². The normalized spacial score (nSPS) is 10.9. The highest BCUT2D eigenvalue weighted by Gasteiger charge is 2.17. The lowest BCUT2D eigenvalue weighted by Crippen LogP contribution is -2.22. The molecule has 0 bridgehead atoms. The number of benzene rings is 2. The number of aromatic amines is 1. The number of nitrogens with zero attached hydrogens (tertiary/aromatic N) is 3. The van der Waals surface area contributed by atoms with Crippen molar-refractivity contribution in [2.75, 3.05) is 25.3 Å². The summed E-state index contributed by atoms with van der Waals surface area (Å²) >= 11 is 13.3. The van der Waals surface area contributed by atoms with Crippen LogP contribution in [0.4, 0.5) is 5.69 Å². The maximum Gasteiger partial charge on any atom is 0.269 e. The lowest BCUT2D eigenvalue weighted by molar-refractivity contribution is -0.113. The Kier molecular flexibility index (Phi) is 6.77. The van der Waals surface area contributed by atoms with Gasteiger partial charge in [0.05, 0.1) is 42.6 Å². The number of H-pyrrole nitrogens is 1. The molecule has 4 aromatic rings. The first kappa shape index (κ1) is 23.0. The number of amides is 1. The number of aromatic nitrogens is 4. The van der Waals surface area contributed by atoms with Crippen LogP contribution in [0.5, 0.6) is 11.5 Å². The van der Waals surface area contributed by atoms with Crippen molar-refractivity contribution in [3.8, 4) is 17.2 Å². The fraction of sp³-hybridized carbons (Fsp3) is 0.143. The van der Waals surface area contributed by atoms with Gasteiger partial charge in [0.2, 0.25) is 5.91 Å². The third kappa shape index (κ3) is 4.77. The Morgan fingerprint density at radius 1 is 1.15 bits per heavy atom. The summed E-state index contributed by atoms with van der Waals surface area (Å²) in [7, 11) is 2.96. The fourth-order valence-corrected chi connectivity index (χ4v) is 4.24. The highest BCUT2D eigenvalue weighted by atomic mass is 35.5. The lowest BCUT2D eigenvalue weighted by Gasteiger charge is -2.14. The van der Waals surface area contributed by atoms with Crippen LogP contribution in [0.15, 0.2) is 52.5 Å². The molecule has 4 rings (SSSR count). The van der Waals surface area contributed by atoms with E-state index in [-0.39, 0.29) is 17.2 Å². The number of fused-ring (bicyclic) bond motifs is 1. The van der Waals surface area contributed by atoms with Crippen molar-refractivity contribution >= 4 is 57.6 Å². The van der Waals surface area contributed by atoms with E-state index in [1.54, 1.807) is 36.4 Å². The molecule has 2 aromatic carbocycles. The Labute approximate surface area is 202 Å². The summed E-state index contributed by atoms with van der Waals surface area (Å²) in [6, 6.07) is 9.86. The number of rotatable bonds is 7. The number of thioether (sulfide) groups is 1. The van der Waals surface area contributed by atoms with Gasteiger partial charge in [-0.3, -0.25) is 19.3 Å². The molecule has 9 nitrogen and oxygen atoms in total. The van der Waals surface area contributed by atoms with Gasteiger partial charge >= 0.3 is 0 Å². The van der Waals surface area contributed by atoms with E-state index in [4.69, 9.17) is 32.7 Å². The summed E-state index contributed by atoms with van der Waals surface area (Å²) in [6.45, 7) is 0. The summed E-state index contributed by atoms with van der Waals surface area (Å²) in [5.41, 5.74) is 0.965. The second-order valence-electron chi connectivity index (χ2n) is 6.67. The molecule has 12 heteroatoms. The quantitative estimate of drug-likeness (QED) is 0.286. The third-order valence-corrected chi connectivity index (χ3v) is 6.10. The molecule has 33 heavy (non-hydrogen) atoms. The Bertz CT molecular complexity index is 1390. The van der Waals surface area contributed by atoms with Crippen LogP contribution >= 0.6 is 35.0 Å². The highest BCUT2D eigenvalue weighted by Crippen LogP contribution is 2.36. The molecule has 0 aliphatic heterocycles. The van der Waals surface area contributed by atoms with Gasteiger partial charge in [-0.05, 0) is 30.3 Å². The average molecular weight is 506 g/mol. The predicted octanol–water partition coefficient (Wildman–Crippen LogP) is 4.16. The third-order valence-electron chi connectivity index (χ3n) is 4.62. The Hall–Kier alpha value is -3.21. The molecule has 0 aliphatic carbocycles. The van der Waals surface area contributed by atoms with E-state index < -0.39 is 0 Å². The molecule has 0 unspecified atom stereocenters. The first-order chi connectivity index (χ1) is 15.9. The maximum absolute atomic E-state index is 13.1. The number of hydrogen-bond donors (Lipinski definition) is 2. The molecule has 0 aliphatic rings. The molecule has 0 saturated carbocycles. The number of carbonyl (C=O) groups excluding carboxylic acids is 1. The van der Waals surface area contributed by atoms with Gasteiger partial charge in [-0.1, -0.05) is 35.0 Å². The van der Waals surface area contributed by atoms with Crippen molar-refractivity contribution < 1.29 is 14.3 Å². The number of hydrogen-bond acceptors (Lipinski definition) is 7. The van der Waals surface area contributed by atoms with Gasteiger partial charge in [0, 0.05) is 11.1 Å². The van der Waals surface area contributed by atoms with Crippen LogP contribution in [0.25, 0.3) is 16.7 Å². The van der Waals surface area contributed by atoms with E-state index in [1.165, 1.54) is 25.0 Å². The van der Waals surface area contributed by atoms with E-state index >= 15 is 0 Å². The van der Waals surface area contributed by atoms with Crippen LogP contribution in [0, 0.1) is 0 Å². The average Bonchev–Trinajstić information content (AvgIpc) is 3.28. The first-order valence-corrected chi connectivity index (χ1v) is 11.2. The van der Waals surface area contributed by atoms with Gasteiger partial charge in [-0.2, -0.15) is 5.10 Å². The second kappa shape index (κ2) is 9.74. The number of methoxy groups -OCH3 is 2. The molecule has 2 heterocycles. The van der Waals surface area contributed by atoms with E-state index in [9.17, 15) is 9.59 Å². The van der Waals surface area contributed by atoms with Crippen LogP contribution < -0.4 is 20.3 Å². The molecule has 2 aromatic heterocycles. The zero-order chi connectivity index (χ0) is 23.5. The minimum atomic E-state index is -0.346. The second-order valence-corrected chi connectivity index (χ2v) is 8.45. The van der Waals surface area contributed by atoms with Gasteiger partial charge in [0.25, 0.3) is 5.56 Å². The van der Waals surface area contributed by atoms with Crippen molar-refractivity contribution in [1.82, 2.24) is 19.7 Å². The fourth-order valence-electron chi connectivity index (χ4n) is 3.06. The lowest BCUT2D eigenvalue weighted by atomic mass is 10.2. The maximum atomic E-state index is 13.1. The van der Waals surface area contributed by atoms with E-state index in [0.29, 0.717) is 49.1 Å². The zero-order valence-electron chi connectivity index (χ0n) is 17.4. The Balaban J connectivity index is 1.61. The molecule has 0 saturated heterocycles. The van der Waals surface area contributed by atoms with Gasteiger partial charge < -0.3 is 14.8 Å². The number of anilines is 1. The summed E-state index contributed by atoms with van der Waals surface area (Å²) < 4.78 is 11.9. The minimum Gasteiger partial charge on any atom is -0.495 e. The first-order valence-electron chi connectivity index (χ1n) is 9.47. The smallest absolute Gasteiger partial charge is 0.269 e. The Morgan fingerprint density at radius 2 is 1.88 bits per heavy atom. The molecular weight excluding hydrogens is 489 g/mol. The highest BCUT2D eigenvalue weighted by molar-refractivity contribution is 7.99. The van der Waals surface area contributed by atoms with E-state index in [1.807, 2.05) is 0 Å². The van der Waals surface area contributed by atoms with Gasteiger partial charge in [0.15, 0.2) is 10.8 Å². The summed E-state index contributed by atoms with van der Waals surface area (Å²) in [5, 5.41) is 10.9. The molecule has 0 atom stereocenters. The van der Waals surface area contributed by atoms with Gasteiger partial charge in [0.1, 0.15) is 16.9 Å². The number of halogens is 2. The predicted molar refractivity (Wildman–Crippen MR) is 128 cm³/mol. The molecule has 0 radical (unpaired) electrons. The molecule has 2 N–H and O–H groups in total. The topological polar surface area (TPSA) is 111 Å². The van der Waals surface area contributed by atoms with Crippen molar-refractivity contribution in [3.63, 3.8) is 0 Å².